The molecule has 3 N–H and O–H groups in total. The zero-order valence-electron chi connectivity index (χ0n) is 10.6. The van der Waals surface area contributed by atoms with Crippen molar-refractivity contribution in [1.82, 2.24) is 20.3 Å². The van der Waals surface area contributed by atoms with Crippen molar-refractivity contribution in [2.24, 2.45) is 5.73 Å². The van der Waals surface area contributed by atoms with E-state index >= 15 is 0 Å². The highest BCUT2D eigenvalue weighted by atomic mass is 35.5. The number of benzene rings is 1. The van der Waals surface area contributed by atoms with Gasteiger partial charge < -0.3 is 11.1 Å². The van der Waals surface area contributed by atoms with Gasteiger partial charge in [0.1, 0.15) is 5.82 Å². The molecule has 0 bridgehead atoms. The lowest BCUT2D eigenvalue weighted by atomic mass is 10.2. The van der Waals surface area contributed by atoms with Crippen LogP contribution < -0.4 is 11.1 Å². The Morgan fingerprint density at radius 1 is 1.45 bits per heavy atom. The van der Waals surface area contributed by atoms with Crippen LogP contribution in [0.5, 0.6) is 0 Å². The van der Waals surface area contributed by atoms with E-state index < -0.39 is 0 Å². The van der Waals surface area contributed by atoms with Gasteiger partial charge in [0.05, 0.1) is 12.7 Å². The van der Waals surface area contributed by atoms with Crippen LogP contribution in [0.15, 0.2) is 30.5 Å². The highest BCUT2D eigenvalue weighted by molar-refractivity contribution is 5.91. The number of aromatic nitrogens is 3. The monoisotopic (exact) mass is 299 g/mol. The second-order valence-corrected chi connectivity index (χ2v) is 3.98. The van der Waals surface area contributed by atoms with E-state index in [1.807, 2.05) is 0 Å². The second kappa shape index (κ2) is 7.56. The van der Waals surface area contributed by atoms with Crippen LogP contribution in [0.25, 0.3) is 0 Å². The number of halogens is 2. The molecule has 20 heavy (non-hydrogen) atoms. The summed E-state index contributed by atoms with van der Waals surface area (Å²) in [6.07, 6.45) is 1.51. The van der Waals surface area contributed by atoms with E-state index in [9.17, 15) is 9.18 Å². The summed E-state index contributed by atoms with van der Waals surface area (Å²) >= 11 is 0. The van der Waals surface area contributed by atoms with Gasteiger partial charge >= 0.3 is 0 Å². The van der Waals surface area contributed by atoms with Crippen LogP contribution in [0.3, 0.4) is 0 Å². The normalized spacial score (nSPS) is 9.90. The predicted molar refractivity (Wildman–Crippen MR) is 74.2 cm³/mol. The summed E-state index contributed by atoms with van der Waals surface area (Å²) in [7, 11) is 0. The van der Waals surface area contributed by atoms with Crippen LogP contribution >= 0.6 is 12.4 Å². The molecule has 1 heterocycles. The number of nitrogens with two attached hydrogens (primary N) is 1. The molecule has 0 fully saturated rings. The van der Waals surface area contributed by atoms with E-state index in [-0.39, 0.29) is 29.8 Å². The van der Waals surface area contributed by atoms with Crippen molar-refractivity contribution >= 4 is 18.3 Å². The fraction of sp³-hybridized carbons (Fsp3) is 0.250. The number of hydrogen-bond acceptors (Lipinski definition) is 4. The summed E-state index contributed by atoms with van der Waals surface area (Å²) in [6.45, 7) is 1.10. The van der Waals surface area contributed by atoms with Crippen molar-refractivity contribution in [3.63, 3.8) is 0 Å². The lowest BCUT2D eigenvalue weighted by Crippen LogP contribution is -2.29. The molecule has 0 aliphatic rings. The maximum Gasteiger partial charge on any atom is 0.273 e. The van der Waals surface area contributed by atoms with Crippen molar-refractivity contribution in [1.29, 1.82) is 0 Å². The molecule has 108 valence electrons. The van der Waals surface area contributed by atoms with Crippen molar-refractivity contribution in [3.8, 4) is 0 Å². The Morgan fingerprint density at radius 3 is 2.95 bits per heavy atom. The summed E-state index contributed by atoms with van der Waals surface area (Å²) in [5.41, 5.74) is 6.25. The van der Waals surface area contributed by atoms with Gasteiger partial charge in [-0.05, 0) is 17.7 Å². The van der Waals surface area contributed by atoms with E-state index in [0.717, 1.165) is 5.56 Å². The van der Waals surface area contributed by atoms with E-state index in [2.05, 4.69) is 15.6 Å². The third-order valence-corrected chi connectivity index (χ3v) is 2.43. The van der Waals surface area contributed by atoms with Gasteiger partial charge in [0.25, 0.3) is 5.91 Å². The molecule has 8 heteroatoms. The third kappa shape index (κ3) is 4.29. The molecule has 0 aliphatic heterocycles. The molecule has 1 amide bonds. The number of carbonyl (C=O) groups is 1. The molecule has 0 spiro atoms. The summed E-state index contributed by atoms with van der Waals surface area (Å²) in [5.74, 6) is -0.630. The van der Waals surface area contributed by atoms with Crippen molar-refractivity contribution in [2.75, 3.05) is 13.1 Å². The van der Waals surface area contributed by atoms with Gasteiger partial charge in [-0.2, -0.15) is 0 Å². The van der Waals surface area contributed by atoms with Crippen molar-refractivity contribution < 1.29 is 9.18 Å². The van der Waals surface area contributed by atoms with E-state index in [1.165, 1.54) is 23.0 Å². The van der Waals surface area contributed by atoms with Gasteiger partial charge in [-0.3, -0.25) is 4.79 Å². The van der Waals surface area contributed by atoms with Crippen LogP contribution in [0.1, 0.15) is 16.1 Å². The molecule has 0 unspecified atom stereocenters. The number of rotatable bonds is 5. The standard InChI is InChI=1S/C12H14FN5O.ClH/c13-10-3-1-2-9(6-10)7-18-8-11(16-17-18)12(19)15-5-4-14;/h1-3,6,8H,4-5,7,14H2,(H,15,19);1H. The molecule has 1 aromatic heterocycles. The van der Waals surface area contributed by atoms with Crippen LogP contribution in [-0.4, -0.2) is 34.0 Å². The fourth-order valence-corrected chi connectivity index (χ4v) is 1.58. The summed E-state index contributed by atoms with van der Waals surface area (Å²) in [4.78, 5) is 11.6. The van der Waals surface area contributed by atoms with Gasteiger partial charge in [-0.25, -0.2) is 9.07 Å². The first kappa shape index (κ1) is 16.1. The van der Waals surface area contributed by atoms with Crippen LogP contribution in [0.2, 0.25) is 0 Å². The SMILES string of the molecule is Cl.NCCNC(=O)c1cn(Cc2cccc(F)c2)nn1. The predicted octanol–water partition coefficient (Wildman–Crippen LogP) is 0.576. The Balaban J connectivity index is 0.00000200. The molecule has 1 aromatic carbocycles. The Morgan fingerprint density at radius 2 is 2.25 bits per heavy atom. The zero-order valence-corrected chi connectivity index (χ0v) is 11.4. The summed E-state index contributed by atoms with van der Waals surface area (Å²) in [5, 5.41) is 10.2. The van der Waals surface area contributed by atoms with Gasteiger partial charge in [-0.15, -0.1) is 17.5 Å². The highest BCUT2D eigenvalue weighted by Crippen LogP contribution is 2.05. The molecule has 6 nitrogen and oxygen atoms in total. The first-order chi connectivity index (χ1) is 9.19. The van der Waals surface area contributed by atoms with Crippen LogP contribution in [-0.2, 0) is 6.54 Å². The second-order valence-electron chi connectivity index (χ2n) is 3.98. The Hall–Kier alpha value is -1.99. The molecule has 0 saturated heterocycles. The Labute approximate surface area is 121 Å². The van der Waals surface area contributed by atoms with Gasteiger partial charge in [0.2, 0.25) is 0 Å². The number of nitrogens with one attached hydrogen (secondary N) is 1. The van der Waals surface area contributed by atoms with E-state index in [1.54, 1.807) is 12.1 Å². The highest BCUT2D eigenvalue weighted by Gasteiger charge is 2.09. The lowest BCUT2D eigenvalue weighted by Gasteiger charge is -2.00. The average Bonchev–Trinajstić information content (AvgIpc) is 2.84. The summed E-state index contributed by atoms with van der Waals surface area (Å²) < 4.78 is 14.5. The van der Waals surface area contributed by atoms with Gasteiger partial charge in [0, 0.05) is 13.1 Å². The van der Waals surface area contributed by atoms with Crippen LogP contribution in [0.4, 0.5) is 4.39 Å². The van der Waals surface area contributed by atoms with Crippen molar-refractivity contribution in [3.05, 3.63) is 47.5 Å². The molecular weight excluding hydrogens is 285 g/mol. The largest absolute Gasteiger partial charge is 0.349 e. The summed E-state index contributed by atoms with van der Waals surface area (Å²) in [6, 6.07) is 6.18. The van der Waals surface area contributed by atoms with E-state index in [0.29, 0.717) is 19.6 Å². The quantitative estimate of drug-likeness (QED) is 0.845. The molecular formula is C12H15ClFN5O. The zero-order chi connectivity index (χ0) is 13.7. The minimum Gasteiger partial charge on any atom is -0.349 e. The number of amides is 1. The minimum absolute atomic E-state index is 0. The smallest absolute Gasteiger partial charge is 0.273 e. The molecule has 0 saturated carbocycles. The number of carbonyl (C=O) groups excluding carboxylic acids is 1. The molecule has 2 rings (SSSR count). The molecule has 0 aliphatic carbocycles. The van der Waals surface area contributed by atoms with Crippen LogP contribution in [0, 0.1) is 5.82 Å². The Bertz CT molecular complexity index is 574. The van der Waals surface area contributed by atoms with Gasteiger partial charge in [0.15, 0.2) is 5.69 Å². The number of hydrogen-bond donors (Lipinski definition) is 2. The fourth-order valence-electron chi connectivity index (χ4n) is 1.58. The third-order valence-electron chi connectivity index (χ3n) is 2.43. The topological polar surface area (TPSA) is 85.8 Å². The molecule has 0 radical (unpaired) electrons. The average molecular weight is 300 g/mol. The molecule has 0 atom stereocenters. The van der Waals surface area contributed by atoms with Gasteiger partial charge in [-0.1, -0.05) is 17.3 Å². The number of nitrogens with zero attached hydrogens (tertiary/aromatic N) is 3. The van der Waals surface area contributed by atoms with Crippen molar-refractivity contribution in [2.45, 2.75) is 6.54 Å². The first-order valence-corrected chi connectivity index (χ1v) is 5.82. The molecule has 2 aromatic rings. The maximum absolute atomic E-state index is 13.0. The lowest BCUT2D eigenvalue weighted by molar-refractivity contribution is 0.0949. The maximum atomic E-state index is 13.0. The first-order valence-electron chi connectivity index (χ1n) is 5.82. The van der Waals surface area contributed by atoms with E-state index in [4.69, 9.17) is 5.73 Å². The minimum atomic E-state index is -0.323. The Kier molecular flexibility index (Phi) is 6.08.